The highest BCUT2D eigenvalue weighted by Gasteiger charge is 2.57. The van der Waals surface area contributed by atoms with Crippen molar-refractivity contribution < 1.29 is 32.3 Å². The van der Waals surface area contributed by atoms with Crippen LogP contribution in [0.2, 0.25) is 15.1 Å². The van der Waals surface area contributed by atoms with Gasteiger partial charge in [0.2, 0.25) is 11.8 Å². The van der Waals surface area contributed by atoms with E-state index in [2.05, 4.69) is 10.3 Å². The van der Waals surface area contributed by atoms with Crippen LogP contribution in [-0.2, 0) is 20.6 Å². The van der Waals surface area contributed by atoms with Crippen LogP contribution < -0.4 is 19.8 Å². The number of nitrogens with one attached hydrogen (secondary N) is 2. The molecule has 0 radical (unpaired) electrons. The molecule has 0 bridgehead atoms. The number of ether oxygens (including phenoxy) is 1. The van der Waals surface area contributed by atoms with Gasteiger partial charge in [-0.2, -0.15) is 13.2 Å². The number of hydrogen-bond donors (Lipinski definition) is 2. The van der Waals surface area contributed by atoms with E-state index in [0.717, 1.165) is 46.2 Å². The van der Waals surface area contributed by atoms with Crippen molar-refractivity contribution in [3.63, 3.8) is 0 Å². The minimum Gasteiger partial charge on any atom is -0.483 e. The third kappa shape index (κ3) is 6.07. The van der Waals surface area contributed by atoms with E-state index in [1.807, 2.05) is 0 Å². The monoisotopic (exact) mass is 713 g/mol. The number of H-pyrrole nitrogens is 1. The fourth-order valence-corrected chi connectivity index (χ4v) is 8.22. The zero-order chi connectivity index (χ0) is 32.2. The number of alkyl halides is 3. The number of amides is 3. The van der Waals surface area contributed by atoms with E-state index in [1.54, 1.807) is 6.07 Å². The van der Waals surface area contributed by atoms with E-state index >= 15 is 0 Å². The van der Waals surface area contributed by atoms with Gasteiger partial charge in [-0.25, -0.2) is 4.90 Å². The molecule has 1 saturated heterocycles. The number of aromatic nitrogens is 1. The predicted molar refractivity (Wildman–Crippen MR) is 166 cm³/mol. The molecule has 0 unspecified atom stereocenters. The first-order valence-electron chi connectivity index (χ1n) is 12.9. The SMILES string of the molecule is O=C(COc1ccc(Cl)cc1[C@@H]1c2sc(=O)[nH]c2S[C@H]2C(=O)N(c3cccc(C(F)(F)F)c3)C(=O)[C@@H]12)Nc1ccc(Cl)c(Cl)c1. The van der Waals surface area contributed by atoms with Crippen LogP contribution >= 0.6 is 57.9 Å². The number of thioether (sulfide) groups is 1. The normalized spacial score (nSPS) is 19.3. The molecular weight excluding hydrogens is 698 g/mol. The van der Waals surface area contributed by atoms with E-state index in [4.69, 9.17) is 39.5 Å². The summed E-state index contributed by atoms with van der Waals surface area (Å²) in [6.07, 6.45) is -4.70. The topological polar surface area (TPSA) is 109 Å². The van der Waals surface area contributed by atoms with Crippen LogP contribution in [0.4, 0.5) is 24.5 Å². The number of carbonyl (C=O) groups is 3. The average Bonchev–Trinajstić information content (AvgIpc) is 3.47. The Kier molecular flexibility index (Phi) is 8.42. The van der Waals surface area contributed by atoms with Crippen molar-refractivity contribution in [2.45, 2.75) is 22.4 Å². The van der Waals surface area contributed by atoms with Crippen LogP contribution in [0.25, 0.3) is 0 Å². The zero-order valence-electron chi connectivity index (χ0n) is 22.3. The summed E-state index contributed by atoms with van der Waals surface area (Å²) in [6, 6.07) is 13.0. The zero-order valence-corrected chi connectivity index (χ0v) is 26.2. The van der Waals surface area contributed by atoms with Crippen LogP contribution in [0.1, 0.15) is 21.9 Å². The minimum absolute atomic E-state index is 0.143. The van der Waals surface area contributed by atoms with Gasteiger partial charge in [0.15, 0.2) is 6.61 Å². The van der Waals surface area contributed by atoms with Crippen molar-refractivity contribution >= 4 is 87.0 Å². The average molecular weight is 715 g/mol. The fraction of sp³-hybridized carbons (Fsp3) is 0.172. The van der Waals surface area contributed by atoms with Crippen molar-refractivity contribution in [2.75, 3.05) is 16.8 Å². The number of nitrogens with zero attached hydrogens (tertiary/aromatic N) is 1. The predicted octanol–water partition coefficient (Wildman–Crippen LogP) is 7.23. The molecule has 3 atom stereocenters. The lowest BCUT2D eigenvalue weighted by Crippen LogP contribution is -2.32. The van der Waals surface area contributed by atoms with Gasteiger partial charge in [-0.15, -0.1) is 0 Å². The highest BCUT2D eigenvalue weighted by molar-refractivity contribution is 8.00. The van der Waals surface area contributed by atoms with E-state index in [9.17, 15) is 32.3 Å². The van der Waals surface area contributed by atoms with Crippen LogP contribution in [0, 0.1) is 5.92 Å². The van der Waals surface area contributed by atoms with Gasteiger partial charge in [-0.3, -0.25) is 19.2 Å². The van der Waals surface area contributed by atoms with Gasteiger partial charge < -0.3 is 15.0 Å². The molecule has 2 aliphatic heterocycles. The molecule has 0 spiro atoms. The van der Waals surface area contributed by atoms with Crippen LogP contribution in [0.5, 0.6) is 5.75 Å². The van der Waals surface area contributed by atoms with Crippen molar-refractivity contribution in [1.82, 2.24) is 4.98 Å². The molecule has 2 N–H and O–H groups in total. The number of benzene rings is 3. The smallest absolute Gasteiger partial charge is 0.416 e. The summed E-state index contributed by atoms with van der Waals surface area (Å²) in [5.41, 5.74) is -0.573. The molecule has 3 aromatic carbocycles. The van der Waals surface area contributed by atoms with Gasteiger partial charge in [0.1, 0.15) is 11.0 Å². The largest absolute Gasteiger partial charge is 0.483 e. The maximum Gasteiger partial charge on any atom is 0.416 e. The number of halogens is 6. The van der Waals surface area contributed by atoms with E-state index < -0.39 is 58.0 Å². The molecular formula is C29H17Cl3F3N3O5S2. The summed E-state index contributed by atoms with van der Waals surface area (Å²) in [4.78, 5) is 56.3. The lowest BCUT2D eigenvalue weighted by atomic mass is 9.82. The Morgan fingerprint density at radius 1 is 0.978 bits per heavy atom. The Bertz CT molecular complexity index is 1930. The second-order valence-electron chi connectivity index (χ2n) is 9.96. The molecule has 1 aromatic heterocycles. The first-order valence-corrected chi connectivity index (χ1v) is 15.8. The summed E-state index contributed by atoms with van der Waals surface area (Å²) < 4.78 is 46.3. The summed E-state index contributed by atoms with van der Waals surface area (Å²) >= 11 is 20.1. The molecule has 3 heterocycles. The molecule has 45 heavy (non-hydrogen) atoms. The molecule has 3 amide bonds. The van der Waals surface area contributed by atoms with E-state index in [1.165, 1.54) is 36.4 Å². The van der Waals surface area contributed by atoms with Gasteiger partial charge in [0.25, 0.3) is 5.91 Å². The Hall–Kier alpha value is -3.49. The number of imide groups is 1. The van der Waals surface area contributed by atoms with E-state index in [-0.39, 0.29) is 21.5 Å². The molecule has 0 saturated carbocycles. The van der Waals surface area contributed by atoms with Gasteiger partial charge >= 0.3 is 11.0 Å². The number of carbonyl (C=O) groups excluding carboxylic acids is 3. The lowest BCUT2D eigenvalue weighted by Gasteiger charge is -2.31. The Labute approximate surface area is 275 Å². The molecule has 2 aliphatic rings. The van der Waals surface area contributed by atoms with Gasteiger partial charge in [0.05, 0.1) is 32.2 Å². The quantitative estimate of drug-likeness (QED) is 0.204. The standard InChI is InChI=1S/C29H17Cl3F3N3O5S2/c30-13-4-7-19(43-11-20(39)36-14-5-6-17(31)18(32)10-14)16(9-13)21-22-24(44-25-23(21)45-28(42)37-25)27(41)38(26(22)40)15-3-1-2-12(8-15)29(33,34)35/h1-10,21-22,24H,11H2,(H,36,39)(H,37,42)/t21-,22-,24+/m0/s1. The fourth-order valence-electron chi connectivity index (χ4n) is 5.24. The van der Waals surface area contributed by atoms with E-state index in [0.29, 0.717) is 26.2 Å². The summed E-state index contributed by atoms with van der Waals surface area (Å²) in [5, 5.41) is 2.66. The molecule has 16 heteroatoms. The molecule has 232 valence electrons. The van der Waals surface area contributed by atoms with Gasteiger partial charge in [-0.1, -0.05) is 64.0 Å². The summed E-state index contributed by atoms with van der Waals surface area (Å²) in [7, 11) is 0. The highest BCUT2D eigenvalue weighted by atomic mass is 35.5. The molecule has 4 aromatic rings. The van der Waals surface area contributed by atoms with Crippen molar-refractivity contribution in [1.29, 1.82) is 0 Å². The number of anilines is 2. The number of aromatic amines is 1. The van der Waals surface area contributed by atoms with Crippen LogP contribution in [-0.4, -0.2) is 34.6 Å². The minimum atomic E-state index is -4.70. The molecule has 6 rings (SSSR count). The number of rotatable bonds is 6. The van der Waals surface area contributed by atoms with Crippen LogP contribution in [0.15, 0.2) is 70.5 Å². The van der Waals surface area contributed by atoms with Crippen LogP contribution in [0.3, 0.4) is 0 Å². The Balaban J connectivity index is 1.36. The maximum atomic E-state index is 14.0. The third-order valence-electron chi connectivity index (χ3n) is 7.12. The number of thiazole rings is 1. The maximum absolute atomic E-state index is 14.0. The molecule has 8 nitrogen and oxygen atoms in total. The van der Waals surface area contributed by atoms with Crippen molar-refractivity contribution in [3.8, 4) is 5.75 Å². The highest BCUT2D eigenvalue weighted by Crippen LogP contribution is 2.55. The molecule has 0 aliphatic carbocycles. The van der Waals surface area contributed by atoms with Gasteiger partial charge in [0, 0.05) is 27.1 Å². The van der Waals surface area contributed by atoms with Crippen molar-refractivity contribution in [2.24, 2.45) is 5.92 Å². The number of hydrogen-bond acceptors (Lipinski definition) is 7. The second kappa shape index (κ2) is 12.0. The summed E-state index contributed by atoms with van der Waals surface area (Å²) in [6.45, 7) is -0.482. The van der Waals surface area contributed by atoms with Crippen molar-refractivity contribution in [3.05, 3.63) is 101 Å². The second-order valence-corrected chi connectivity index (χ2v) is 13.4. The van der Waals surface area contributed by atoms with Gasteiger partial charge in [-0.05, 0) is 54.6 Å². The summed E-state index contributed by atoms with van der Waals surface area (Å²) in [5.74, 6) is -4.00. The third-order valence-corrected chi connectivity index (χ3v) is 10.5. The Morgan fingerprint density at radius 3 is 2.49 bits per heavy atom. The Morgan fingerprint density at radius 2 is 1.76 bits per heavy atom. The first-order chi connectivity index (χ1) is 21.3. The first kappa shape index (κ1) is 31.5. The lowest BCUT2D eigenvalue weighted by molar-refractivity contribution is -0.137. The number of fused-ring (bicyclic) bond motifs is 2. The molecule has 1 fully saturated rings.